The highest BCUT2D eigenvalue weighted by molar-refractivity contribution is 8.03. The molecular formula is C24H20N2O2P+. The normalized spacial score (nSPS) is 11.2. The number of rotatable bonds is 5. The van der Waals surface area contributed by atoms with Gasteiger partial charge in [0.25, 0.3) is 5.56 Å². The van der Waals surface area contributed by atoms with Gasteiger partial charge in [-0.3, -0.25) is 9.78 Å². The Morgan fingerprint density at radius 3 is 1.48 bits per heavy atom. The van der Waals surface area contributed by atoms with E-state index in [0.717, 1.165) is 15.9 Å². The van der Waals surface area contributed by atoms with Crippen LogP contribution in [0, 0.1) is 0 Å². The number of aromatic nitrogens is 2. The van der Waals surface area contributed by atoms with Gasteiger partial charge in [0.15, 0.2) is 0 Å². The molecule has 3 aromatic carbocycles. The number of H-pyrrole nitrogens is 2. The molecule has 0 saturated heterocycles. The van der Waals surface area contributed by atoms with E-state index in [1.807, 2.05) is 54.6 Å². The molecule has 0 bridgehead atoms. The Labute approximate surface area is 168 Å². The minimum atomic E-state index is -2.44. The van der Waals surface area contributed by atoms with E-state index < -0.39 is 18.5 Å². The molecule has 29 heavy (non-hydrogen) atoms. The van der Waals surface area contributed by atoms with Gasteiger partial charge in [-0.25, -0.2) is 4.79 Å². The second-order valence-electron chi connectivity index (χ2n) is 6.61. The largest absolute Gasteiger partial charge is 0.325 e. The molecule has 2 N–H and O–H groups in total. The van der Waals surface area contributed by atoms with E-state index in [-0.39, 0.29) is 0 Å². The second kappa shape index (κ2) is 7.86. The van der Waals surface area contributed by atoms with Gasteiger partial charge in [0.2, 0.25) is 0 Å². The molecule has 1 aromatic heterocycles. The molecule has 0 aliphatic heterocycles. The fraction of sp³-hybridized carbons (Fsp3) is 0. The maximum atomic E-state index is 12.7. The van der Waals surface area contributed by atoms with Gasteiger partial charge in [-0.15, -0.1) is 0 Å². The van der Waals surface area contributed by atoms with Crippen molar-refractivity contribution in [2.75, 3.05) is 0 Å². The summed E-state index contributed by atoms with van der Waals surface area (Å²) < 4.78 is 0. The Morgan fingerprint density at radius 2 is 1.10 bits per heavy atom. The van der Waals surface area contributed by atoms with Crippen molar-refractivity contribution in [2.24, 2.45) is 0 Å². The first-order valence-corrected chi connectivity index (χ1v) is 11.0. The molecule has 4 rings (SSSR count). The molecule has 4 aromatic rings. The minimum absolute atomic E-state index is 0.384. The van der Waals surface area contributed by atoms with Gasteiger partial charge >= 0.3 is 5.69 Å². The lowest BCUT2D eigenvalue weighted by atomic mass is 10.3. The van der Waals surface area contributed by atoms with E-state index in [9.17, 15) is 9.59 Å². The molecule has 142 valence electrons. The van der Waals surface area contributed by atoms with Crippen LogP contribution in [0.5, 0.6) is 0 Å². The molecule has 0 spiro atoms. The highest BCUT2D eigenvalue weighted by Crippen LogP contribution is 2.64. The molecule has 0 fully saturated rings. The quantitative estimate of drug-likeness (QED) is 0.507. The fourth-order valence-electron chi connectivity index (χ4n) is 3.67. The van der Waals surface area contributed by atoms with Gasteiger partial charge in [0.05, 0.1) is 5.56 Å². The lowest BCUT2D eigenvalue weighted by molar-refractivity contribution is 1.03. The highest BCUT2D eigenvalue weighted by Gasteiger charge is 2.49. The first kappa shape index (κ1) is 18.9. The van der Waals surface area contributed by atoms with E-state index in [0.29, 0.717) is 10.9 Å². The van der Waals surface area contributed by atoms with Crippen LogP contribution in [-0.2, 0) is 0 Å². The third kappa shape index (κ3) is 3.28. The van der Waals surface area contributed by atoms with E-state index in [2.05, 4.69) is 52.9 Å². The van der Waals surface area contributed by atoms with Gasteiger partial charge in [0, 0.05) is 6.20 Å². The maximum Gasteiger partial charge on any atom is 0.325 e. The van der Waals surface area contributed by atoms with E-state index >= 15 is 0 Å². The van der Waals surface area contributed by atoms with Crippen LogP contribution in [0.15, 0.2) is 113 Å². The van der Waals surface area contributed by atoms with Gasteiger partial charge in [-0.05, 0) is 36.4 Å². The molecule has 0 aliphatic rings. The first-order valence-electron chi connectivity index (χ1n) is 9.22. The highest BCUT2D eigenvalue weighted by atomic mass is 31.2. The zero-order valence-corrected chi connectivity index (χ0v) is 16.6. The van der Waals surface area contributed by atoms with Gasteiger partial charge in [0.1, 0.15) is 28.5 Å². The van der Waals surface area contributed by atoms with Crippen molar-refractivity contribution in [3.63, 3.8) is 0 Å². The predicted molar refractivity (Wildman–Crippen MR) is 122 cm³/mol. The molecule has 0 amide bonds. The third-order valence-corrected chi connectivity index (χ3v) is 9.23. The lowest BCUT2D eigenvalue weighted by Crippen LogP contribution is -2.34. The fourth-order valence-corrected chi connectivity index (χ4v) is 7.89. The maximum absolute atomic E-state index is 12.7. The molecular weight excluding hydrogens is 379 g/mol. The Balaban J connectivity index is 2.12. The standard InChI is InChI=1S/C24H19N2O2P/c1-18(22-17-25-24(28)26-23(22)27)29(19-11-5-2-6-12-19,20-13-7-3-8-14-20)21-15-9-4-10-16-21/h2-17H,1H2,(H-,25,26,27,28)/p+1. The van der Waals surface area contributed by atoms with Crippen LogP contribution in [0.2, 0.25) is 0 Å². The van der Waals surface area contributed by atoms with Crippen molar-refractivity contribution in [3.8, 4) is 0 Å². The summed E-state index contributed by atoms with van der Waals surface area (Å²) in [7, 11) is -2.44. The summed E-state index contributed by atoms with van der Waals surface area (Å²) in [5.74, 6) is 0. The van der Waals surface area contributed by atoms with Crippen LogP contribution >= 0.6 is 7.26 Å². The van der Waals surface area contributed by atoms with E-state index in [1.165, 1.54) is 6.20 Å². The topological polar surface area (TPSA) is 65.7 Å². The van der Waals surface area contributed by atoms with Crippen LogP contribution in [0.1, 0.15) is 5.56 Å². The van der Waals surface area contributed by atoms with Crippen LogP contribution in [-0.4, -0.2) is 9.97 Å². The SMILES string of the molecule is C=C(c1c[nH]c(=O)[nH]c1=O)[P+](c1ccccc1)(c1ccccc1)c1ccccc1. The number of aromatic amines is 2. The summed E-state index contributed by atoms with van der Waals surface area (Å²) in [5.41, 5.74) is -0.588. The summed E-state index contributed by atoms with van der Waals surface area (Å²) in [6.07, 6.45) is 1.47. The average Bonchev–Trinajstić information content (AvgIpc) is 2.76. The Hall–Kier alpha value is -3.49. The van der Waals surface area contributed by atoms with E-state index in [4.69, 9.17) is 0 Å². The van der Waals surface area contributed by atoms with Gasteiger partial charge in [-0.1, -0.05) is 61.2 Å². The average molecular weight is 399 g/mol. The van der Waals surface area contributed by atoms with Crippen LogP contribution in [0.25, 0.3) is 5.31 Å². The number of hydrogen-bond donors (Lipinski definition) is 2. The third-order valence-electron chi connectivity index (χ3n) is 4.97. The Bertz CT molecular complexity index is 1150. The van der Waals surface area contributed by atoms with Crippen molar-refractivity contribution >= 4 is 28.5 Å². The van der Waals surface area contributed by atoms with Gasteiger partial charge < -0.3 is 4.98 Å². The van der Waals surface area contributed by atoms with Crippen molar-refractivity contribution in [1.82, 2.24) is 9.97 Å². The summed E-state index contributed by atoms with van der Waals surface area (Å²) in [4.78, 5) is 29.2. The molecule has 0 aliphatic carbocycles. The summed E-state index contributed by atoms with van der Waals surface area (Å²) in [5, 5.41) is 3.97. The van der Waals surface area contributed by atoms with Crippen LogP contribution < -0.4 is 27.2 Å². The first-order chi connectivity index (χ1) is 14.1. The Morgan fingerprint density at radius 1 is 0.690 bits per heavy atom. The second-order valence-corrected chi connectivity index (χ2v) is 10.0. The monoisotopic (exact) mass is 399 g/mol. The van der Waals surface area contributed by atoms with Crippen molar-refractivity contribution in [1.29, 1.82) is 0 Å². The molecule has 0 atom stereocenters. The Kier molecular flexibility index (Phi) is 5.11. The van der Waals surface area contributed by atoms with Crippen molar-refractivity contribution in [2.45, 2.75) is 0 Å². The van der Waals surface area contributed by atoms with Crippen molar-refractivity contribution in [3.05, 3.63) is 130 Å². The zero-order chi connectivity index (χ0) is 20.3. The van der Waals surface area contributed by atoms with Crippen LogP contribution in [0.4, 0.5) is 0 Å². The van der Waals surface area contributed by atoms with Crippen molar-refractivity contribution < 1.29 is 0 Å². The molecule has 0 unspecified atom stereocenters. The molecule has 4 nitrogen and oxygen atoms in total. The number of hydrogen-bond acceptors (Lipinski definition) is 2. The van der Waals surface area contributed by atoms with Gasteiger partial charge in [-0.2, -0.15) is 0 Å². The van der Waals surface area contributed by atoms with E-state index in [1.54, 1.807) is 0 Å². The summed E-state index contributed by atoms with van der Waals surface area (Å²) in [6.45, 7) is 4.42. The number of benzene rings is 3. The molecule has 1 heterocycles. The number of nitrogens with one attached hydrogen (secondary N) is 2. The molecule has 5 heteroatoms. The summed E-state index contributed by atoms with van der Waals surface area (Å²) >= 11 is 0. The zero-order valence-electron chi connectivity index (χ0n) is 15.7. The molecule has 0 saturated carbocycles. The lowest BCUT2D eigenvalue weighted by Gasteiger charge is -2.28. The predicted octanol–water partition coefficient (Wildman–Crippen LogP) is 3.03. The minimum Gasteiger partial charge on any atom is -0.313 e. The molecule has 0 radical (unpaired) electrons. The smallest absolute Gasteiger partial charge is 0.313 e. The summed E-state index contributed by atoms with van der Waals surface area (Å²) in [6, 6.07) is 30.4. The van der Waals surface area contributed by atoms with Crippen LogP contribution in [0.3, 0.4) is 0 Å².